The first-order valence-electron chi connectivity index (χ1n) is 6.30. The van der Waals surface area contributed by atoms with E-state index in [0.29, 0.717) is 0 Å². The predicted molar refractivity (Wildman–Crippen MR) is 57.9 cm³/mol. The Hall–Kier alpha value is -1.58. The fraction of sp³-hybridized carbons (Fsp3) is 0.600. The quantitative estimate of drug-likeness (QED) is 0.632. The Bertz CT molecular complexity index is 674. The van der Waals surface area contributed by atoms with Crippen LogP contribution in [-0.2, 0) is 4.74 Å². The number of aliphatic hydroxyl groups excluding tert-OH is 2. The summed E-state index contributed by atoms with van der Waals surface area (Å²) in [5.74, 6) is -3.99. The van der Waals surface area contributed by atoms with E-state index in [0.717, 1.165) is 6.92 Å². The maximum absolute atomic E-state index is 14.0. The monoisotopic (exact) mass is 280 g/mol. The predicted octanol–water partition coefficient (Wildman–Crippen LogP) is -1.19. The van der Waals surface area contributed by atoms with Crippen molar-refractivity contribution in [2.75, 3.05) is 0 Å². The molecule has 3 N–H and O–H groups in total. The molecule has 0 saturated carbocycles. The number of rotatable bonds is 2. The minimum Gasteiger partial charge on any atom is -0.391 e. The highest BCUT2D eigenvalue weighted by Gasteiger charge is 2.60. The third-order valence-corrected chi connectivity index (χ3v) is 2.76. The lowest BCUT2D eigenvalue weighted by molar-refractivity contribution is -0.141. The fourth-order valence-corrected chi connectivity index (χ4v) is 1.81. The molecule has 7 nitrogen and oxygen atoms in total. The van der Waals surface area contributed by atoms with Gasteiger partial charge in [0.05, 0.1) is 8.85 Å². The molecule has 2 unspecified atom stereocenters. The fourth-order valence-electron chi connectivity index (χ4n) is 1.81. The number of H-pyrrole nitrogens is 1. The normalized spacial score (nSPS) is 32.8. The zero-order chi connectivity index (χ0) is 16.1. The van der Waals surface area contributed by atoms with Crippen LogP contribution < -0.4 is 11.2 Å². The molecule has 2 rings (SSSR count). The molecule has 0 bridgehead atoms. The van der Waals surface area contributed by atoms with Gasteiger partial charge in [0.15, 0.2) is 6.10 Å². The minimum absolute atomic E-state index is 0.0648. The summed E-state index contributed by atoms with van der Waals surface area (Å²) in [5, 5.41) is 18.8. The Labute approximate surface area is 107 Å². The molecule has 106 valence electrons. The van der Waals surface area contributed by atoms with Gasteiger partial charge in [-0.25, -0.2) is 4.79 Å². The Morgan fingerprint density at radius 1 is 1.63 bits per heavy atom. The molecule has 4 atom stereocenters. The number of hydrogen-bond donors (Lipinski definition) is 3. The topological polar surface area (TPSA) is 105 Å². The van der Waals surface area contributed by atoms with E-state index in [1.165, 1.54) is 0 Å². The number of halogens is 2. The summed E-state index contributed by atoms with van der Waals surface area (Å²) < 4.78 is 47.6. The van der Waals surface area contributed by atoms with Crippen molar-refractivity contribution in [3.63, 3.8) is 0 Å². The van der Waals surface area contributed by atoms with Crippen molar-refractivity contribution in [2.24, 2.45) is 0 Å². The summed E-state index contributed by atoms with van der Waals surface area (Å²) in [4.78, 5) is 24.4. The van der Waals surface area contributed by atoms with Gasteiger partial charge in [-0.05, 0) is 6.92 Å². The second-order valence-corrected chi connectivity index (χ2v) is 4.18. The third-order valence-electron chi connectivity index (χ3n) is 2.76. The van der Waals surface area contributed by atoms with E-state index in [1.807, 2.05) is 0 Å². The zero-order valence-electron chi connectivity index (χ0n) is 11.6. The minimum atomic E-state index is -3.99. The van der Waals surface area contributed by atoms with Crippen molar-refractivity contribution in [1.29, 1.82) is 0 Å². The molecule has 1 fully saturated rings. The SMILES string of the molecule is [2H]c1c([2H])n([C@@H]2O[C@H](C(C)O)C(O)C2(F)F)c(=O)[nH]c1=O. The van der Waals surface area contributed by atoms with Gasteiger partial charge >= 0.3 is 11.6 Å². The number of nitrogens with zero attached hydrogens (tertiary/aromatic N) is 1. The lowest BCUT2D eigenvalue weighted by Crippen LogP contribution is -2.43. The third kappa shape index (κ3) is 2.20. The van der Waals surface area contributed by atoms with Crippen molar-refractivity contribution in [1.82, 2.24) is 9.55 Å². The van der Waals surface area contributed by atoms with Gasteiger partial charge in [-0.15, -0.1) is 0 Å². The molecule has 1 aliphatic rings. The van der Waals surface area contributed by atoms with E-state index in [2.05, 4.69) is 0 Å². The molecule has 0 spiro atoms. The van der Waals surface area contributed by atoms with Gasteiger partial charge in [0.1, 0.15) is 6.10 Å². The molecule has 0 radical (unpaired) electrons. The van der Waals surface area contributed by atoms with Crippen molar-refractivity contribution in [3.8, 4) is 0 Å². The standard InChI is InChI=1S/C10H12F2N2O5/c1-4(15)6-7(17)10(11,12)8(19-6)14-3-2-5(16)13-9(14)18/h2-4,6-8,15,17H,1H3,(H,13,16,18)/t4?,6-,7?,8-/m1/s1/i2D,3D. The van der Waals surface area contributed by atoms with Crippen LogP contribution in [0.4, 0.5) is 8.78 Å². The molecule has 0 aromatic carbocycles. The Morgan fingerprint density at radius 2 is 2.26 bits per heavy atom. The molecule has 19 heavy (non-hydrogen) atoms. The van der Waals surface area contributed by atoms with E-state index in [9.17, 15) is 28.6 Å². The van der Waals surface area contributed by atoms with Crippen molar-refractivity contribution < 1.29 is 26.5 Å². The Balaban J connectivity index is 2.60. The summed E-state index contributed by atoms with van der Waals surface area (Å²) in [5.41, 5.74) is -2.57. The van der Waals surface area contributed by atoms with Crippen LogP contribution in [-0.4, -0.2) is 44.0 Å². The second-order valence-electron chi connectivity index (χ2n) is 4.18. The first-order chi connectivity index (χ1) is 9.59. The van der Waals surface area contributed by atoms with Crippen LogP contribution in [0.1, 0.15) is 15.9 Å². The summed E-state index contributed by atoms with van der Waals surface area (Å²) in [6.45, 7) is 1.11. The number of alkyl halides is 2. The van der Waals surface area contributed by atoms with Gasteiger partial charge in [-0.1, -0.05) is 0 Å². The Kier molecular flexibility index (Phi) is 2.67. The highest BCUT2D eigenvalue weighted by molar-refractivity contribution is 4.99. The summed E-state index contributed by atoms with van der Waals surface area (Å²) >= 11 is 0. The van der Waals surface area contributed by atoms with Crippen LogP contribution in [0.5, 0.6) is 0 Å². The van der Waals surface area contributed by atoms with Crippen LogP contribution >= 0.6 is 0 Å². The van der Waals surface area contributed by atoms with Crippen molar-refractivity contribution in [2.45, 2.75) is 37.4 Å². The number of ether oxygens (including phenoxy) is 1. The second kappa shape index (κ2) is 4.51. The number of aromatic nitrogens is 2. The highest BCUT2D eigenvalue weighted by Crippen LogP contribution is 2.42. The maximum Gasteiger partial charge on any atom is 0.330 e. The molecule has 1 aromatic heterocycles. The van der Waals surface area contributed by atoms with Crippen LogP contribution in [0.15, 0.2) is 21.8 Å². The van der Waals surface area contributed by atoms with E-state index in [1.54, 1.807) is 4.98 Å². The molecular weight excluding hydrogens is 266 g/mol. The molecule has 0 aliphatic carbocycles. The molecular formula is C10H12F2N2O5. The lowest BCUT2D eigenvalue weighted by Gasteiger charge is -2.20. The summed E-state index contributed by atoms with van der Waals surface area (Å²) in [6, 6.07) is -0.996. The van der Waals surface area contributed by atoms with Crippen LogP contribution in [0.3, 0.4) is 0 Å². The first-order valence-corrected chi connectivity index (χ1v) is 5.30. The van der Waals surface area contributed by atoms with Crippen molar-refractivity contribution >= 4 is 0 Å². The van der Waals surface area contributed by atoms with Gasteiger partial charge in [0.2, 0.25) is 6.23 Å². The molecule has 2 heterocycles. The van der Waals surface area contributed by atoms with Crippen LogP contribution in [0.25, 0.3) is 0 Å². The van der Waals surface area contributed by atoms with Crippen LogP contribution in [0.2, 0.25) is 0 Å². The number of aromatic amines is 1. The number of aliphatic hydroxyl groups is 2. The highest BCUT2D eigenvalue weighted by atomic mass is 19.3. The molecule has 9 heteroatoms. The van der Waals surface area contributed by atoms with Gasteiger partial charge in [-0.3, -0.25) is 14.3 Å². The number of nitrogens with one attached hydrogen (secondary N) is 1. The zero-order valence-corrected chi connectivity index (χ0v) is 9.63. The molecule has 1 aliphatic heterocycles. The lowest BCUT2D eigenvalue weighted by atomic mass is 10.1. The first kappa shape index (κ1) is 11.3. The van der Waals surface area contributed by atoms with E-state index in [-0.39, 0.29) is 4.57 Å². The number of hydrogen-bond acceptors (Lipinski definition) is 5. The summed E-state index contributed by atoms with van der Waals surface area (Å²) in [6.07, 6.45) is -9.04. The summed E-state index contributed by atoms with van der Waals surface area (Å²) in [7, 11) is 0. The molecule has 1 saturated heterocycles. The van der Waals surface area contributed by atoms with Gasteiger partial charge in [0.25, 0.3) is 5.56 Å². The smallest absolute Gasteiger partial charge is 0.330 e. The molecule has 0 amide bonds. The van der Waals surface area contributed by atoms with Gasteiger partial charge in [0, 0.05) is 12.2 Å². The van der Waals surface area contributed by atoms with Gasteiger partial charge in [-0.2, -0.15) is 8.78 Å². The maximum atomic E-state index is 14.0. The molecule has 1 aromatic rings. The van der Waals surface area contributed by atoms with E-state index in [4.69, 9.17) is 7.48 Å². The van der Waals surface area contributed by atoms with Gasteiger partial charge < -0.3 is 14.9 Å². The van der Waals surface area contributed by atoms with Crippen molar-refractivity contribution in [3.05, 3.63) is 33.1 Å². The van der Waals surface area contributed by atoms with Crippen LogP contribution in [0, 0.1) is 0 Å². The largest absolute Gasteiger partial charge is 0.391 e. The van der Waals surface area contributed by atoms with E-state index < -0.39 is 53.9 Å². The van der Waals surface area contributed by atoms with E-state index >= 15 is 0 Å². The average molecular weight is 280 g/mol. The average Bonchev–Trinajstić information content (AvgIpc) is 2.60. The Morgan fingerprint density at radius 3 is 2.79 bits per heavy atom.